The van der Waals surface area contributed by atoms with E-state index in [-0.39, 0.29) is 11.4 Å². The molecule has 0 bridgehead atoms. The summed E-state index contributed by atoms with van der Waals surface area (Å²) in [7, 11) is 1.85. The molecule has 3 saturated heterocycles. The van der Waals surface area contributed by atoms with Crippen LogP contribution in [0.25, 0.3) is 0 Å². The normalized spacial score (nSPS) is 22.1. The predicted octanol–water partition coefficient (Wildman–Crippen LogP) is 2.34. The SMILES string of the molecule is CNc1cc(N2CC3(CN(c4ccc(CN5CCC(C)(C)CC5)cc4)CC(=O)N3)C2)ncn1. The molecule has 0 saturated carbocycles. The van der Waals surface area contributed by atoms with Gasteiger partial charge in [-0.05, 0) is 49.0 Å². The zero-order valence-electron chi connectivity index (χ0n) is 20.0. The predicted molar refractivity (Wildman–Crippen MR) is 132 cm³/mol. The standard InChI is InChI=1S/C25H35N7O/c1-24(2)8-10-30(11-9-24)13-19-4-6-20(7-5-19)31-14-23(33)29-25(15-31)16-32(17-25)22-12-21(26-3)27-18-28-22/h4-7,12,18H,8-11,13-17H2,1-3H3,(H,29,33)(H,26,27,28). The summed E-state index contributed by atoms with van der Waals surface area (Å²) in [4.78, 5) is 28.1. The van der Waals surface area contributed by atoms with Gasteiger partial charge < -0.3 is 20.4 Å². The van der Waals surface area contributed by atoms with Gasteiger partial charge in [0.15, 0.2) is 0 Å². The Balaban J connectivity index is 1.21. The second-order valence-electron chi connectivity index (χ2n) is 10.7. The van der Waals surface area contributed by atoms with E-state index in [1.165, 1.54) is 31.5 Å². The molecular formula is C25H35N7O. The molecule has 0 aliphatic carbocycles. The highest BCUT2D eigenvalue weighted by molar-refractivity contribution is 5.84. The highest BCUT2D eigenvalue weighted by Gasteiger charge is 2.48. The summed E-state index contributed by atoms with van der Waals surface area (Å²) in [6.45, 7) is 10.8. The van der Waals surface area contributed by atoms with Crippen LogP contribution in [0.15, 0.2) is 36.7 Å². The van der Waals surface area contributed by atoms with Crippen molar-refractivity contribution in [2.75, 3.05) is 61.4 Å². The van der Waals surface area contributed by atoms with Gasteiger partial charge in [-0.1, -0.05) is 26.0 Å². The largest absolute Gasteiger partial charge is 0.373 e. The summed E-state index contributed by atoms with van der Waals surface area (Å²) in [5, 5.41) is 6.29. The van der Waals surface area contributed by atoms with E-state index in [9.17, 15) is 4.79 Å². The molecule has 2 aromatic rings. The van der Waals surface area contributed by atoms with E-state index >= 15 is 0 Å². The van der Waals surface area contributed by atoms with Crippen molar-refractivity contribution < 1.29 is 4.79 Å². The minimum absolute atomic E-state index is 0.0829. The van der Waals surface area contributed by atoms with Gasteiger partial charge >= 0.3 is 0 Å². The molecule has 1 amide bonds. The number of likely N-dealkylation sites (tertiary alicyclic amines) is 1. The topological polar surface area (TPSA) is 76.6 Å². The molecule has 8 nitrogen and oxygen atoms in total. The number of carbonyl (C=O) groups excluding carboxylic acids is 1. The van der Waals surface area contributed by atoms with Crippen LogP contribution in [0.4, 0.5) is 17.3 Å². The minimum atomic E-state index is -0.237. The first-order valence-corrected chi connectivity index (χ1v) is 12.0. The fourth-order valence-electron chi connectivity index (χ4n) is 5.22. The third-order valence-corrected chi connectivity index (χ3v) is 7.37. The Morgan fingerprint density at radius 3 is 2.42 bits per heavy atom. The summed E-state index contributed by atoms with van der Waals surface area (Å²) in [6, 6.07) is 10.7. The Bertz CT molecular complexity index is 990. The van der Waals surface area contributed by atoms with Crippen LogP contribution in [-0.2, 0) is 11.3 Å². The van der Waals surface area contributed by atoms with E-state index in [1.54, 1.807) is 6.33 Å². The molecule has 33 heavy (non-hydrogen) atoms. The van der Waals surface area contributed by atoms with Crippen molar-refractivity contribution in [3.05, 3.63) is 42.2 Å². The lowest BCUT2D eigenvalue weighted by Gasteiger charge is -2.55. The maximum Gasteiger partial charge on any atom is 0.240 e. The molecule has 0 atom stereocenters. The number of piperazine rings is 1. The molecule has 5 rings (SSSR count). The Morgan fingerprint density at radius 1 is 1.03 bits per heavy atom. The second kappa shape index (κ2) is 8.48. The maximum absolute atomic E-state index is 12.6. The molecular weight excluding hydrogens is 414 g/mol. The highest BCUT2D eigenvalue weighted by atomic mass is 16.2. The molecule has 0 radical (unpaired) electrons. The molecule has 3 aliphatic heterocycles. The van der Waals surface area contributed by atoms with Gasteiger partial charge in [0.1, 0.15) is 18.0 Å². The number of rotatable bonds is 5. The molecule has 2 N–H and O–H groups in total. The first-order chi connectivity index (χ1) is 15.8. The Kier molecular flexibility index (Phi) is 5.64. The molecule has 1 aromatic heterocycles. The average molecular weight is 450 g/mol. The van der Waals surface area contributed by atoms with Gasteiger partial charge in [-0.25, -0.2) is 9.97 Å². The van der Waals surface area contributed by atoms with Crippen LogP contribution in [-0.4, -0.2) is 72.6 Å². The summed E-state index contributed by atoms with van der Waals surface area (Å²) in [6.07, 6.45) is 4.10. The number of nitrogens with one attached hydrogen (secondary N) is 2. The quantitative estimate of drug-likeness (QED) is 0.726. The fourth-order valence-corrected chi connectivity index (χ4v) is 5.22. The van der Waals surface area contributed by atoms with Crippen LogP contribution >= 0.6 is 0 Å². The third-order valence-electron chi connectivity index (χ3n) is 7.37. The molecule has 176 valence electrons. The van der Waals surface area contributed by atoms with Crippen molar-refractivity contribution in [1.29, 1.82) is 0 Å². The zero-order chi connectivity index (χ0) is 23.1. The molecule has 1 aromatic carbocycles. The smallest absolute Gasteiger partial charge is 0.240 e. The Labute approximate surface area is 196 Å². The van der Waals surface area contributed by atoms with E-state index in [4.69, 9.17) is 0 Å². The number of anilines is 3. The first-order valence-electron chi connectivity index (χ1n) is 12.0. The number of hydrogen-bond acceptors (Lipinski definition) is 7. The molecule has 8 heteroatoms. The van der Waals surface area contributed by atoms with Crippen LogP contribution < -0.4 is 20.4 Å². The van der Waals surface area contributed by atoms with Gasteiger partial charge in [-0.3, -0.25) is 9.69 Å². The lowest BCUT2D eigenvalue weighted by Crippen LogP contribution is -2.78. The molecule has 1 spiro atoms. The minimum Gasteiger partial charge on any atom is -0.373 e. The van der Waals surface area contributed by atoms with E-state index < -0.39 is 0 Å². The lowest BCUT2D eigenvalue weighted by molar-refractivity contribution is -0.123. The van der Waals surface area contributed by atoms with Crippen LogP contribution in [0, 0.1) is 5.41 Å². The molecule has 0 unspecified atom stereocenters. The van der Waals surface area contributed by atoms with E-state index in [1.807, 2.05) is 13.1 Å². The number of aromatic nitrogens is 2. The number of hydrogen-bond donors (Lipinski definition) is 2. The summed E-state index contributed by atoms with van der Waals surface area (Å²) >= 11 is 0. The Hall–Kier alpha value is -2.87. The van der Waals surface area contributed by atoms with Crippen molar-refractivity contribution in [2.24, 2.45) is 5.41 Å². The van der Waals surface area contributed by atoms with Gasteiger partial charge in [0, 0.05) is 45.0 Å². The zero-order valence-corrected chi connectivity index (χ0v) is 20.0. The summed E-state index contributed by atoms with van der Waals surface area (Å²) in [5.74, 6) is 1.76. The molecule has 3 fully saturated rings. The summed E-state index contributed by atoms with van der Waals surface area (Å²) in [5.41, 5.74) is 2.70. The number of amides is 1. The van der Waals surface area contributed by atoms with Crippen molar-refractivity contribution in [3.8, 4) is 0 Å². The first kappa shape index (κ1) is 21.9. The Morgan fingerprint density at radius 2 is 1.73 bits per heavy atom. The van der Waals surface area contributed by atoms with Crippen molar-refractivity contribution in [2.45, 2.75) is 38.8 Å². The second-order valence-corrected chi connectivity index (χ2v) is 10.7. The molecule has 4 heterocycles. The van der Waals surface area contributed by atoms with Gasteiger partial charge in [0.05, 0.1) is 12.1 Å². The highest BCUT2D eigenvalue weighted by Crippen LogP contribution is 2.32. The van der Waals surface area contributed by atoms with Gasteiger partial charge in [0.2, 0.25) is 5.91 Å². The van der Waals surface area contributed by atoms with E-state index in [0.29, 0.717) is 12.0 Å². The van der Waals surface area contributed by atoms with Crippen molar-refractivity contribution in [1.82, 2.24) is 20.2 Å². The number of carbonyl (C=O) groups is 1. The lowest BCUT2D eigenvalue weighted by atomic mass is 9.82. The van der Waals surface area contributed by atoms with Crippen molar-refractivity contribution in [3.63, 3.8) is 0 Å². The van der Waals surface area contributed by atoms with Crippen LogP contribution in [0.1, 0.15) is 32.3 Å². The van der Waals surface area contributed by atoms with Gasteiger partial charge in [-0.15, -0.1) is 0 Å². The van der Waals surface area contributed by atoms with Crippen LogP contribution in [0.3, 0.4) is 0 Å². The number of nitrogens with zero attached hydrogens (tertiary/aromatic N) is 5. The molecule has 3 aliphatic rings. The van der Waals surface area contributed by atoms with Gasteiger partial charge in [0.25, 0.3) is 0 Å². The fraction of sp³-hybridized carbons (Fsp3) is 0.560. The maximum atomic E-state index is 12.6. The summed E-state index contributed by atoms with van der Waals surface area (Å²) < 4.78 is 0. The average Bonchev–Trinajstić information content (AvgIpc) is 2.79. The van der Waals surface area contributed by atoms with E-state index in [0.717, 1.165) is 43.5 Å². The van der Waals surface area contributed by atoms with Gasteiger partial charge in [-0.2, -0.15) is 0 Å². The van der Waals surface area contributed by atoms with Crippen LogP contribution in [0.2, 0.25) is 0 Å². The third kappa shape index (κ3) is 4.76. The monoisotopic (exact) mass is 449 g/mol. The number of piperidine rings is 1. The number of benzene rings is 1. The van der Waals surface area contributed by atoms with Crippen LogP contribution in [0.5, 0.6) is 0 Å². The van der Waals surface area contributed by atoms with E-state index in [2.05, 4.69) is 73.4 Å². The van der Waals surface area contributed by atoms with Crippen molar-refractivity contribution >= 4 is 23.2 Å².